The molecule has 11 heteroatoms. The van der Waals surface area contributed by atoms with E-state index in [0.717, 1.165) is 38.5 Å². The predicted octanol–water partition coefficient (Wildman–Crippen LogP) is 6.72. The summed E-state index contributed by atoms with van der Waals surface area (Å²) in [7, 11) is 0. The zero-order chi connectivity index (χ0) is 39.8. The standard InChI is InChI=1S/C43H85NO10/c1-3-5-7-9-11-13-14-15-16-17-18-19-20-21-22-23-25-27-29-31-36(47)42(52)44-34(33-53-43-41(51)40(50)39(49)37(32-45)54-43)38(48)35(46)30-28-26-24-12-10-8-6-4-2/h34-41,43,45-51H,3-33H2,1-2H3,(H,44,52). The molecule has 0 radical (unpaired) electrons. The largest absolute Gasteiger partial charge is 0.394 e. The van der Waals surface area contributed by atoms with Crippen LogP contribution in [0.25, 0.3) is 0 Å². The Morgan fingerprint density at radius 1 is 0.574 bits per heavy atom. The van der Waals surface area contributed by atoms with Crippen LogP contribution in [-0.4, -0.2) is 110 Å². The highest BCUT2D eigenvalue weighted by Crippen LogP contribution is 2.23. The van der Waals surface area contributed by atoms with Crippen molar-refractivity contribution >= 4 is 5.91 Å². The van der Waals surface area contributed by atoms with E-state index in [4.69, 9.17) is 9.47 Å². The predicted molar refractivity (Wildman–Crippen MR) is 215 cm³/mol. The minimum absolute atomic E-state index is 0.266. The fourth-order valence-corrected chi connectivity index (χ4v) is 7.38. The van der Waals surface area contributed by atoms with E-state index in [1.165, 1.54) is 122 Å². The summed E-state index contributed by atoms with van der Waals surface area (Å²) in [4.78, 5) is 13.0. The number of nitrogens with one attached hydrogen (secondary N) is 1. The summed E-state index contributed by atoms with van der Waals surface area (Å²) >= 11 is 0. The topological polar surface area (TPSA) is 189 Å². The second-order valence-corrected chi connectivity index (χ2v) is 16.1. The van der Waals surface area contributed by atoms with Crippen molar-refractivity contribution in [3.8, 4) is 0 Å². The van der Waals surface area contributed by atoms with Gasteiger partial charge in [-0.1, -0.05) is 187 Å². The molecule has 322 valence electrons. The van der Waals surface area contributed by atoms with Gasteiger partial charge in [0.2, 0.25) is 5.91 Å². The summed E-state index contributed by atoms with van der Waals surface area (Å²) in [5, 5.41) is 75.3. The van der Waals surface area contributed by atoms with Gasteiger partial charge in [0.25, 0.3) is 0 Å². The van der Waals surface area contributed by atoms with Crippen LogP contribution in [-0.2, 0) is 14.3 Å². The van der Waals surface area contributed by atoms with E-state index in [2.05, 4.69) is 19.2 Å². The number of aliphatic hydroxyl groups excluding tert-OH is 7. The number of carbonyl (C=O) groups is 1. The summed E-state index contributed by atoms with van der Waals surface area (Å²) in [5.74, 6) is -0.696. The maximum Gasteiger partial charge on any atom is 0.249 e. The highest BCUT2D eigenvalue weighted by atomic mass is 16.7. The molecule has 0 aromatic heterocycles. The molecule has 0 aromatic carbocycles. The summed E-state index contributed by atoms with van der Waals surface area (Å²) in [6.45, 7) is 3.40. The molecular weight excluding hydrogens is 690 g/mol. The van der Waals surface area contributed by atoms with Crippen LogP contribution in [0, 0.1) is 0 Å². The molecule has 0 aromatic rings. The normalized spacial score (nSPS) is 22.6. The van der Waals surface area contributed by atoms with Crippen LogP contribution in [0.4, 0.5) is 0 Å². The van der Waals surface area contributed by atoms with Crippen molar-refractivity contribution in [1.82, 2.24) is 5.32 Å². The Kier molecular flexibility index (Phi) is 32.4. The van der Waals surface area contributed by atoms with Crippen molar-refractivity contribution in [2.75, 3.05) is 13.2 Å². The molecule has 1 fully saturated rings. The Balaban J connectivity index is 2.38. The first-order valence-electron chi connectivity index (χ1n) is 22.4. The SMILES string of the molecule is CCCCCCCCCCCCCCCCCCCCCC(O)C(=O)NC(COC1OC(CO)C(O)C(O)C1O)C(O)C(O)CCCCCCCCCC. The molecule has 1 aliphatic rings. The van der Waals surface area contributed by atoms with Gasteiger partial charge >= 0.3 is 0 Å². The van der Waals surface area contributed by atoms with Crippen LogP contribution in [0.5, 0.6) is 0 Å². The van der Waals surface area contributed by atoms with E-state index in [1.807, 2.05) is 0 Å². The zero-order valence-electron chi connectivity index (χ0n) is 34.5. The van der Waals surface area contributed by atoms with Crippen LogP contribution in [0.1, 0.15) is 200 Å². The number of hydrogen-bond donors (Lipinski definition) is 8. The average Bonchev–Trinajstić information content (AvgIpc) is 3.17. The fourth-order valence-electron chi connectivity index (χ4n) is 7.38. The molecule has 0 aliphatic carbocycles. The molecule has 1 rings (SSSR count). The lowest BCUT2D eigenvalue weighted by atomic mass is 9.98. The maximum absolute atomic E-state index is 13.0. The van der Waals surface area contributed by atoms with E-state index in [9.17, 15) is 40.5 Å². The second kappa shape index (κ2) is 34.2. The van der Waals surface area contributed by atoms with Gasteiger partial charge in [-0.15, -0.1) is 0 Å². The summed E-state index contributed by atoms with van der Waals surface area (Å²) in [6, 6.07) is -1.16. The molecule has 1 aliphatic heterocycles. The molecule has 1 amide bonds. The molecule has 0 spiro atoms. The molecule has 9 unspecified atom stereocenters. The average molecular weight is 776 g/mol. The van der Waals surface area contributed by atoms with E-state index < -0.39 is 74.2 Å². The number of ether oxygens (including phenoxy) is 2. The molecule has 9 atom stereocenters. The van der Waals surface area contributed by atoms with E-state index in [-0.39, 0.29) is 6.42 Å². The van der Waals surface area contributed by atoms with Gasteiger partial charge in [-0.05, 0) is 12.8 Å². The molecule has 0 bridgehead atoms. The number of aliphatic hydroxyl groups is 7. The van der Waals surface area contributed by atoms with Crippen LogP contribution in [0.2, 0.25) is 0 Å². The summed E-state index contributed by atoms with van der Waals surface area (Å²) < 4.78 is 11.0. The first-order chi connectivity index (χ1) is 26.2. The van der Waals surface area contributed by atoms with Gasteiger partial charge < -0.3 is 50.5 Å². The van der Waals surface area contributed by atoms with Crippen molar-refractivity contribution in [2.45, 2.75) is 255 Å². The third-order valence-electron chi connectivity index (χ3n) is 11.2. The van der Waals surface area contributed by atoms with Gasteiger partial charge in [-0.2, -0.15) is 0 Å². The Morgan fingerprint density at radius 3 is 1.37 bits per heavy atom. The molecule has 11 nitrogen and oxygen atoms in total. The van der Waals surface area contributed by atoms with E-state index in [1.54, 1.807) is 0 Å². The van der Waals surface area contributed by atoms with Crippen LogP contribution < -0.4 is 5.32 Å². The molecule has 1 saturated heterocycles. The number of unbranched alkanes of at least 4 members (excludes halogenated alkanes) is 25. The zero-order valence-corrected chi connectivity index (χ0v) is 34.5. The van der Waals surface area contributed by atoms with Crippen molar-refractivity contribution in [3.05, 3.63) is 0 Å². The van der Waals surface area contributed by atoms with Crippen LogP contribution in [0.3, 0.4) is 0 Å². The molecule has 0 saturated carbocycles. The van der Waals surface area contributed by atoms with Gasteiger partial charge in [-0.25, -0.2) is 0 Å². The highest BCUT2D eigenvalue weighted by Gasteiger charge is 2.44. The third kappa shape index (κ3) is 24.0. The summed E-state index contributed by atoms with van der Waals surface area (Å²) in [5.41, 5.74) is 0. The molecule has 1 heterocycles. The molecular formula is C43H85NO10. The Hall–Kier alpha value is -0.890. The number of carbonyl (C=O) groups excluding carboxylic acids is 1. The highest BCUT2D eigenvalue weighted by molar-refractivity contribution is 5.80. The summed E-state index contributed by atoms with van der Waals surface area (Å²) in [6.07, 6.45) is 21.8. The molecule has 8 N–H and O–H groups in total. The van der Waals surface area contributed by atoms with Gasteiger partial charge in [0.1, 0.15) is 36.6 Å². The fraction of sp³-hybridized carbons (Fsp3) is 0.977. The minimum Gasteiger partial charge on any atom is -0.394 e. The monoisotopic (exact) mass is 776 g/mol. The van der Waals surface area contributed by atoms with Gasteiger partial charge in [-0.3, -0.25) is 4.79 Å². The lowest BCUT2D eigenvalue weighted by Crippen LogP contribution is -2.60. The Labute approximate surface area is 329 Å². The van der Waals surface area contributed by atoms with Crippen molar-refractivity contribution < 1.29 is 50.0 Å². The smallest absolute Gasteiger partial charge is 0.249 e. The quantitative estimate of drug-likeness (QED) is 0.0315. The number of hydrogen-bond acceptors (Lipinski definition) is 10. The Bertz CT molecular complexity index is 851. The maximum atomic E-state index is 13.0. The molecule has 54 heavy (non-hydrogen) atoms. The van der Waals surface area contributed by atoms with Crippen molar-refractivity contribution in [1.29, 1.82) is 0 Å². The first kappa shape index (κ1) is 51.1. The third-order valence-corrected chi connectivity index (χ3v) is 11.2. The van der Waals surface area contributed by atoms with Gasteiger partial charge in [0.05, 0.1) is 25.4 Å². The first-order valence-corrected chi connectivity index (χ1v) is 22.4. The second-order valence-electron chi connectivity index (χ2n) is 16.1. The number of amides is 1. The lowest BCUT2D eigenvalue weighted by molar-refractivity contribution is -0.303. The lowest BCUT2D eigenvalue weighted by Gasteiger charge is -2.40. The van der Waals surface area contributed by atoms with Gasteiger partial charge in [0.15, 0.2) is 6.29 Å². The van der Waals surface area contributed by atoms with Crippen LogP contribution in [0.15, 0.2) is 0 Å². The van der Waals surface area contributed by atoms with E-state index in [0.29, 0.717) is 19.3 Å². The minimum atomic E-state index is -1.65. The van der Waals surface area contributed by atoms with Crippen molar-refractivity contribution in [2.24, 2.45) is 0 Å². The van der Waals surface area contributed by atoms with Crippen molar-refractivity contribution in [3.63, 3.8) is 0 Å². The number of rotatable bonds is 37. The van der Waals surface area contributed by atoms with Gasteiger partial charge in [0, 0.05) is 0 Å². The Morgan fingerprint density at radius 2 is 0.963 bits per heavy atom. The van der Waals surface area contributed by atoms with E-state index >= 15 is 0 Å². The van der Waals surface area contributed by atoms with Crippen LogP contribution >= 0.6 is 0 Å².